The van der Waals surface area contributed by atoms with E-state index < -0.39 is 0 Å². The molecule has 0 bridgehead atoms. The third-order valence-corrected chi connectivity index (χ3v) is 6.19. The number of hydrogen-bond acceptors (Lipinski definition) is 4. The van der Waals surface area contributed by atoms with Crippen molar-refractivity contribution >= 4 is 39.6 Å². The van der Waals surface area contributed by atoms with Gasteiger partial charge in [-0.25, -0.2) is 0 Å². The van der Waals surface area contributed by atoms with Crippen molar-refractivity contribution in [3.63, 3.8) is 0 Å². The van der Waals surface area contributed by atoms with Crippen LogP contribution in [0.15, 0.2) is 22.7 Å². The number of nitrogens with zero attached hydrogens (tertiary/aromatic N) is 2. The molecule has 1 aromatic carbocycles. The third kappa shape index (κ3) is 3.26. The number of imide groups is 1. The van der Waals surface area contributed by atoms with Crippen LogP contribution in [0.4, 0.5) is 0 Å². The average Bonchev–Trinajstić information content (AvgIpc) is 3.29. The van der Waals surface area contributed by atoms with Crippen molar-refractivity contribution in [1.82, 2.24) is 15.1 Å². The third-order valence-electron chi connectivity index (χ3n) is 5.69. The van der Waals surface area contributed by atoms with Gasteiger partial charge in [-0.2, -0.15) is 0 Å². The highest BCUT2D eigenvalue weighted by atomic mass is 79.9. The van der Waals surface area contributed by atoms with E-state index in [4.69, 9.17) is 0 Å². The van der Waals surface area contributed by atoms with Crippen LogP contribution in [0.5, 0.6) is 0 Å². The van der Waals surface area contributed by atoms with Crippen molar-refractivity contribution in [3.8, 4) is 0 Å². The Morgan fingerprint density at radius 3 is 2.70 bits per heavy atom. The van der Waals surface area contributed by atoms with E-state index in [2.05, 4.69) is 21.2 Å². The number of carbonyl (C=O) groups excluding carboxylic acids is 4. The summed E-state index contributed by atoms with van der Waals surface area (Å²) in [6, 6.07) is 5.04. The van der Waals surface area contributed by atoms with E-state index in [1.807, 2.05) is 0 Å². The van der Waals surface area contributed by atoms with Crippen LogP contribution in [0.3, 0.4) is 0 Å². The van der Waals surface area contributed by atoms with Gasteiger partial charge in [0.05, 0.1) is 11.1 Å². The fourth-order valence-electron chi connectivity index (χ4n) is 4.20. The first-order valence-electron chi connectivity index (χ1n) is 9.09. The van der Waals surface area contributed by atoms with Crippen LogP contribution < -0.4 is 5.32 Å². The van der Waals surface area contributed by atoms with Crippen molar-refractivity contribution in [2.45, 2.75) is 25.7 Å². The lowest BCUT2D eigenvalue weighted by molar-refractivity contribution is -0.130. The largest absolute Gasteiger partial charge is 0.355 e. The first kappa shape index (κ1) is 18.2. The Morgan fingerprint density at radius 1 is 1.19 bits per heavy atom. The summed E-state index contributed by atoms with van der Waals surface area (Å²) in [5, 5.41) is 2.85. The Kier molecular flexibility index (Phi) is 4.53. The molecule has 1 N–H and O–H groups in total. The maximum atomic E-state index is 12.5. The summed E-state index contributed by atoms with van der Waals surface area (Å²) in [5.41, 5.74) is 0.706. The Balaban J connectivity index is 1.30. The van der Waals surface area contributed by atoms with Gasteiger partial charge in [0.25, 0.3) is 11.8 Å². The van der Waals surface area contributed by atoms with Gasteiger partial charge in [0.1, 0.15) is 0 Å². The van der Waals surface area contributed by atoms with Crippen molar-refractivity contribution in [3.05, 3.63) is 33.8 Å². The second-order valence-electron chi connectivity index (χ2n) is 7.57. The second kappa shape index (κ2) is 6.74. The fraction of sp³-hybridized carbons (Fsp3) is 0.474. The highest BCUT2D eigenvalue weighted by molar-refractivity contribution is 9.10. The molecule has 4 rings (SSSR count). The highest BCUT2D eigenvalue weighted by Crippen LogP contribution is 2.36. The molecule has 3 aliphatic rings. The zero-order chi connectivity index (χ0) is 19.2. The van der Waals surface area contributed by atoms with Crippen LogP contribution in [-0.2, 0) is 9.59 Å². The molecule has 8 heteroatoms. The lowest BCUT2D eigenvalue weighted by Gasteiger charge is -2.22. The predicted octanol–water partition coefficient (Wildman–Crippen LogP) is 1.56. The number of likely N-dealkylation sites (tertiary alicyclic amines) is 1. The normalized spacial score (nSPS) is 24.1. The van der Waals surface area contributed by atoms with Crippen LogP contribution in [0.1, 0.15) is 46.4 Å². The van der Waals surface area contributed by atoms with Crippen LogP contribution in [0.2, 0.25) is 0 Å². The Labute approximate surface area is 165 Å². The number of hydrogen-bond donors (Lipinski definition) is 1. The summed E-state index contributed by atoms with van der Waals surface area (Å²) >= 11 is 3.31. The molecule has 0 radical (unpaired) electrons. The van der Waals surface area contributed by atoms with Gasteiger partial charge in [0, 0.05) is 48.9 Å². The number of rotatable bonds is 4. The van der Waals surface area contributed by atoms with Gasteiger partial charge in [-0.05, 0) is 31.0 Å². The van der Waals surface area contributed by atoms with Gasteiger partial charge >= 0.3 is 0 Å². The number of halogens is 1. The Morgan fingerprint density at radius 2 is 1.96 bits per heavy atom. The van der Waals surface area contributed by atoms with Gasteiger partial charge in [-0.1, -0.05) is 15.9 Å². The fourth-order valence-corrected chi connectivity index (χ4v) is 4.56. The summed E-state index contributed by atoms with van der Waals surface area (Å²) in [4.78, 5) is 51.9. The molecular weight excluding hydrogens is 414 g/mol. The number of carbonyl (C=O) groups is 4. The minimum atomic E-state index is -0.306. The maximum absolute atomic E-state index is 12.5. The van der Waals surface area contributed by atoms with Crippen LogP contribution in [0.25, 0.3) is 0 Å². The molecule has 4 amide bonds. The zero-order valence-electron chi connectivity index (χ0n) is 14.8. The van der Waals surface area contributed by atoms with E-state index in [0.29, 0.717) is 43.6 Å². The van der Waals surface area contributed by atoms with E-state index >= 15 is 0 Å². The summed E-state index contributed by atoms with van der Waals surface area (Å²) in [7, 11) is 0. The van der Waals surface area contributed by atoms with Gasteiger partial charge in [-0.3, -0.25) is 24.1 Å². The number of nitrogens with one attached hydrogen (secondary N) is 1. The lowest BCUT2D eigenvalue weighted by Crippen LogP contribution is -2.34. The lowest BCUT2D eigenvalue weighted by atomic mass is 9.86. The Hall–Kier alpha value is -2.22. The molecule has 2 fully saturated rings. The standard InChI is InChI=1S/C19H20BrN3O4/c20-12-3-4-13-14(8-12)18(27)23(17(13)26)6-1-2-16(25)22-7-5-19(11-22)9-15(24)21-10-19/h3-4,8H,1-2,5-7,9-11H2,(H,21,24). The van der Waals surface area contributed by atoms with Crippen LogP contribution in [0, 0.1) is 5.41 Å². The van der Waals surface area contributed by atoms with Crippen LogP contribution in [-0.4, -0.2) is 59.6 Å². The molecule has 1 aromatic rings. The molecule has 1 unspecified atom stereocenters. The molecule has 1 spiro atoms. The summed E-state index contributed by atoms with van der Waals surface area (Å²) in [5.74, 6) is -0.530. The molecule has 0 aromatic heterocycles. The van der Waals surface area contributed by atoms with Gasteiger partial charge < -0.3 is 10.2 Å². The maximum Gasteiger partial charge on any atom is 0.261 e. The molecule has 27 heavy (non-hydrogen) atoms. The molecule has 3 aliphatic heterocycles. The summed E-state index contributed by atoms with van der Waals surface area (Å²) in [6.07, 6.45) is 2.05. The molecule has 7 nitrogen and oxygen atoms in total. The number of fused-ring (bicyclic) bond motifs is 1. The van der Waals surface area contributed by atoms with Gasteiger partial charge in [-0.15, -0.1) is 0 Å². The number of amides is 4. The highest BCUT2D eigenvalue weighted by Gasteiger charge is 2.45. The molecule has 2 saturated heterocycles. The van der Waals surface area contributed by atoms with E-state index in [0.717, 1.165) is 10.9 Å². The average molecular weight is 434 g/mol. The predicted molar refractivity (Wildman–Crippen MR) is 100.0 cm³/mol. The van der Waals surface area contributed by atoms with Crippen molar-refractivity contribution in [2.75, 3.05) is 26.2 Å². The second-order valence-corrected chi connectivity index (χ2v) is 8.49. The molecule has 1 atom stereocenters. The minimum Gasteiger partial charge on any atom is -0.355 e. The van der Waals surface area contributed by atoms with Crippen molar-refractivity contribution in [1.29, 1.82) is 0 Å². The first-order chi connectivity index (χ1) is 12.9. The van der Waals surface area contributed by atoms with Crippen molar-refractivity contribution in [2.24, 2.45) is 5.41 Å². The zero-order valence-corrected chi connectivity index (χ0v) is 16.4. The minimum absolute atomic E-state index is 0.0191. The van der Waals surface area contributed by atoms with E-state index in [-0.39, 0.29) is 42.0 Å². The topological polar surface area (TPSA) is 86.8 Å². The van der Waals surface area contributed by atoms with E-state index in [1.165, 1.54) is 4.90 Å². The van der Waals surface area contributed by atoms with Crippen molar-refractivity contribution < 1.29 is 19.2 Å². The molecule has 142 valence electrons. The molecule has 0 aliphatic carbocycles. The summed E-state index contributed by atoms with van der Waals surface area (Å²) in [6.45, 7) is 2.13. The SMILES string of the molecule is O=C1CC2(CCN(C(=O)CCCN3C(=O)c4ccc(Br)cc4C3=O)C2)CN1. The summed E-state index contributed by atoms with van der Waals surface area (Å²) < 4.78 is 0.752. The number of benzene rings is 1. The smallest absolute Gasteiger partial charge is 0.261 e. The first-order valence-corrected chi connectivity index (χ1v) is 9.88. The quantitative estimate of drug-likeness (QED) is 0.729. The van der Waals surface area contributed by atoms with E-state index in [1.54, 1.807) is 23.1 Å². The van der Waals surface area contributed by atoms with E-state index in [9.17, 15) is 19.2 Å². The van der Waals surface area contributed by atoms with Gasteiger partial charge in [0.2, 0.25) is 11.8 Å². The van der Waals surface area contributed by atoms with Crippen LogP contribution >= 0.6 is 15.9 Å². The Bertz CT molecular complexity index is 855. The molecular formula is C19H20BrN3O4. The monoisotopic (exact) mass is 433 g/mol. The molecule has 0 saturated carbocycles. The van der Waals surface area contributed by atoms with Gasteiger partial charge in [0.15, 0.2) is 0 Å². The molecule has 3 heterocycles.